The molecule has 8 nitrogen and oxygen atoms in total. The lowest BCUT2D eigenvalue weighted by Crippen LogP contribution is -2.34. The number of hydrogen-bond acceptors (Lipinski definition) is 7. The number of aromatic hydroxyl groups is 2. The van der Waals surface area contributed by atoms with E-state index in [0.29, 0.717) is 43.6 Å². The maximum Gasteiger partial charge on any atom is 0.161 e. The molecular weight excluding hydrogens is 666 g/mol. The summed E-state index contributed by atoms with van der Waals surface area (Å²) in [6.45, 7) is -0.0980. The molecule has 6 aromatic rings. The molecule has 0 bridgehead atoms. The van der Waals surface area contributed by atoms with E-state index >= 15 is 0 Å². The van der Waals surface area contributed by atoms with E-state index in [9.17, 15) is 20.4 Å². The van der Waals surface area contributed by atoms with Gasteiger partial charge in [0.1, 0.15) is 29.5 Å². The number of aliphatic hydroxyl groups excluding tert-OH is 2. The van der Waals surface area contributed by atoms with Crippen LogP contribution in [0.5, 0.6) is 28.7 Å². The largest absolute Gasteiger partial charge is 0.508 e. The first-order chi connectivity index (χ1) is 25.9. The van der Waals surface area contributed by atoms with E-state index in [4.69, 9.17) is 14.2 Å². The topological polar surface area (TPSA) is 124 Å². The Hall–Kier alpha value is -5.44. The van der Waals surface area contributed by atoms with E-state index in [1.807, 2.05) is 42.6 Å². The molecule has 0 fully saturated rings. The standard InChI is InChI=1S/C45H43NO7/c1-51-40-21-30(19-28(42(40)50)9-7-25-5-3-2-4-6-25)43-39(49)23-37-36-20-29(18-26-8-14-38-27(17-26)15-16-46-38)35-22-31(48)10-12-33(35)41(36)45-34(44(37)53-43)13-11-32(24-47)52-45/h2-6,8,10,12,14-17,19,21-22,29,32,39,43,46-50H,7,9,11,13,18,20,23-24H2,1H3/t29-,32+,39+,43+/m0/s1. The van der Waals surface area contributed by atoms with E-state index in [0.717, 1.165) is 79.6 Å². The van der Waals surface area contributed by atoms with Crippen LogP contribution in [-0.4, -0.2) is 51.3 Å². The Morgan fingerprint density at radius 2 is 1.70 bits per heavy atom. The highest BCUT2D eigenvalue weighted by Crippen LogP contribution is 2.56. The minimum atomic E-state index is -0.869. The molecule has 1 aromatic heterocycles. The molecule has 5 N–H and O–H groups in total. The molecule has 0 spiro atoms. The molecule has 53 heavy (non-hydrogen) atoms. The van der Waals surface area contributed by atoms with Crippen molar-refractivity contribution in [2.45, 2.75) is 69.2 Å². The molecule has 4 atom stereocenters. The second kappa shape index (κ2) is 13.5. The predicted octanol–water partition coefficient (Wildman–Crippen LogP) is 7.65. The van der Waals surface area contributed by atoms with Gasteiger partial charge >= 0.3 is 0 Å². The lowest BCUT2D eigenvalue weighted by molar-refractivity contribution is 0.0180. The Morgan fingerprint density at radius 1 is 0.830 bits per heavy atom. The number of hydrogen-bond donors (Lipinski definition) is 5. The summed E-state index contributed by atoms with van der Waals surface area (Å²) in [6, 6.07) is 28.0. The normalized spacial score (nSPS) is 20.1. The summed E-state index contributed by atoms with van der Waals surface area (Å²) in [5.41, 5.74) is 10.9. The zero-order valence-electron chi connectivity index (χ0n) is 29.6. The monoisotopic (exact) mass is 709 g/mol. The number of benzene rings is 5. The van der Waals surface area contributed by atoms with Gasteiger partial charge in [-0.1, -0.05) is 42.5 Å². The number of fused-ring (bicyclic) bond motifs is 9. The third kappa shape index (κ3) is 5.96. The smallest absolute Gasteiger partial charge is 0.161 e. The molecule has 1 aliphatic carbocycles. The number of aliphatic hydroxyl groups is 2. The minimum absolute atomic E-state index is 0.0452. The molecule has 5 aromatic carbocycles. The molecule has 270 valence electrons. The van der Waals surface area contributed by atoms with Crippen LogP contribution in [-0.2, 0) is 38.5 Å². The predicted molar refractivity (Wildman–Crippen MR) is 203 cm³/mol. The minimum Gasteiger partial charge on any atom is -0.508 e. The molecule has 0 saturated heterocycles. The zero-order valence-corrected chi connectivity index (χ0v) is 29.6. The fourth-order valence-corrected chi connectivity index (χ4v) is 8.85. The van der Waals surface area contributed by atoms with E-state index in [1.54, 1.807) is 12.1 Å². The van der Waals surface area contributed by atoms with Crippen molar-refractivity contribution in [1.29, 1.82) is 0 Å². The summed E-state index contributed by atoms with van der Waals surface area (Å²) in [7, 11) is 1.54. The van der Waals surface area contributed by atoms with Crippen LogP contribution in [0.1, 0.15) is 63.0 Å². The van der Waals surface area contributed by atoms with Crippen molar-refractivity contribution < 1.29 is 34.6 Å². The van der Waals surface area contributed by atoms with Crippen LogP contribution in [0.2, 0.25) is 0 Å². The molecule has 8 heteroatoms. The number of methoxy groups -OCH3 is 1. The van der Waals surface area contributed by atoms with Gasteiger partial charge in [-0.2, -0.15) is 0 Å². The fourth-order valence-electron chi connectivity index (χ4n) is 8.85. The van der Waals surface area contributed by atoms with Gasteiger partial charge in [0, 0.05) is 34.8 Å². The van der Waals surface area contributed by atoms with Crippen molar-refractivity contribution in [1.82, 2.24) is 4.98 Å². The summed E-state index contributed by atoms with van der Waals surface area (Å²) in [5, 5.41) is 45.2. The Labute approximate surface area is 308 Å². The van der Waals surface area contributed by atoms with Crippen molar-refractivity contribution in [2.75, 3.05) is 13.7 Å². The van der Waals surface area contributed by atoms with E-state index in [-0.39, 0.29) is 30.1 Å². The summed E-state index contributed by atoms with van der Waals surface area (Å²) in [6.07, 6.45) is 4.42. The number of ether oxygens (including phenoxy) is 3. The summed E-state index contributed by atoms with van der Waals surface area (Å²) in [5.74, 6) is 2.15. The van der Waals surface area contributed by atoms with Crippen molar-refractivity contribution in [3.05, 3.63) is 136 Å². The maximum atomic E-state index is 12.0. The molecule has 9 rings (SSSR count). The van der Waals surface area contributed by atoms with Gasteiger partial charge in [-0.15, -0.1) is 0 Å². The third-order valence-electron chi connectivity index (χ3n) is 11.5. The van der Waals surface area contributed by atoms with Gasteiger partial charge in [0.05, 0.1) is 19.8 Å². The summed E-state index contributed by atoms with van der Waals surface area (Å²) in [4.78, 5) is 3.28. The maximum absolute atomic E-state index is 12.0. The molecule has 3 heterocycles. The average molecular weight is 710 g/mol. The van der Waals surface area contributed by atoms with Gasteiger partial charge < -0.3 is 39.6 Å². The van der Waals surface area contributed by atoms with Crippen LogP contribution in [0.4, 0.5) is 0 Å². The molecule has 0 radical (unpaired) electrons. The van der Waals surface area contributed by atoms with Crippen LogP contribution in [0.15, 0.2) is 91.1 Å². The van der Waals surface area contributed by atoms with Crippen molar-refractivity contribution in [2.24, 2.45) is 0 Å². The van der Waals surface area contributed by atoms with Gasteiger partial charge in [-0.05, 0) is 131 Å². The zero-order chi connectivity index (χ0) is 36.2. The second-order valence-electron chi connectivity index (χ2n) is 14.7. The van der Waals surface area contributed by atoms with Crippen LogP contribution in [0.25, 0.3) is 22.0 Å². The molecular formula is C45H43NO7. The number of aryl methyl sites for hydroxylation is 2. The highest BCUT2D eigenvalue weighted by atomic mass is 16.5. The highest BCUT2D eigenvalue weighted by molar-refractivity contribution is 5.85. The number of aromatic amines is 1. The van der Waals surface area contributed by atoms with Crippen molar-refractivity contribution >= 4 is 10.9 Å². The average Bonchev–Trinajstić information content (AvgIpc) is 3.66. The van der Waals surface area contributed by atoms with Gasteiger partial charge in [0.25, 0.3) is 0 Å². The van der Waals surface area contributed by atoms with Crippen molar-refractivity contribution in [3.63, 3.8) is 0 Å². The van der Waals surface area contributed by atoms with Crippen molar-refractivity contribution in [3.8, 4) is 39.9 Å². The molecule has 3 aliphatic rings. The quantitative estimate of drug-likeness (QED) is 0.110. The Bertz CT molecular complexity index is 2330. The first-order valence-electron chi connectivity index (χ1n) is 18.5. The second-order valence-corrected chi connectivity index (χ2v) is 14.7. The van der Waals surface area contributed by atoms with Gasteiger partial charge in [0.15, 0.2) is 11.5 Å². The lowest BCUT2D eigenvalue weighted by atomic mass is 9.72. The Morgan fingerprint density at radius 3 is 2.53 bits per heavy atom. The van der Waals surface area contributed by atoms with E-state index in [2.05, 4.69) is 41.4 Å². The molecule has 2 aliphatic heterocycles. The number of aromatic nitrogens is 1. The number of phenolic OH excluding ortho intramolecular Hbond substituents is 2. The molecule has 0 amide bonds. The first-order valence-corrected chi connectivity index (χ1v) is 18.5. The Kier molecular flexibility index (Phi) is 8.52. The SMILES string of the molecule is COc1cc([C@H]2Oc3c(c4c(c5c3CC[C@H](CO)O5)-c3ccc(O)cc3[C@@H](Cc3ccc5[nH]ccc5c3)C4)C[C@H]2O)cc(CCc2ccccc2)c1O. The van der Waals surface area contributed by atoms with E-state index in [1.165, 1.54) is 12.7 Å². The summed E-state index contributed by atoms with van der Waals surface area (Å²) < 4.78 is 19.2. The van der Waals surface area contributed by atoms with Crippen LogP contribution in [0, 0.1) is 0 Å². The molecule has 0 saturated carbocycles. The van der Waals surface area contributed by atoms with Crippen LogP contribution >= 0.6 is 0 Å². The van der Waals surface area contributed by atoms with E-state index < -0.39 is 12.2 Å². The van der Waals surface area contributed by atoms with Crippen LogP contribution in [0.3, 0.4) is 0 Å². The fraction of sp³-hybridized carbons (Fsp3) is 0.289. The van der Waals surface area contributed by atoms with Gasteiger partial charge in [0.2, 0.25) is 0 Å². The van der Waals surface area contributed by atoms with Gasteiger partial charge in [-0.3, -0.25) is 0 Å². The third-order valence-corrected chi connectivity index (χ3v) is 11.5. The first kappa shape index (κ1) is 33.4. The Balaban J connectivity index is 1.14. The summed E-state index contributed by atoms with van der Waals surface area (Å²) >= 11 is 0. The lowest BCUT2D eigenvalue weighted by Gasteiger charge is -2.40. The highest BCUT2D eigenvalue weighted by Gasteiger charge is 2.41. The number of phenols is 2. The number of H-pyrrole nitrogens is 1. The number of nitrogens with one attached hydrogen (secondary N) is 1. The molecule has 0 unspecified atom stereocenters. The van der Waals surface area contributed by atoms with Gasteiger partial charge in [-0.25, -0.2) is 0 Å². The van der Waals surface area contributed by atoms with Crippen LogP contribution < -0.4 is 14.2 Å². The number of rotatable bonds is 8.